The normalized spacial score (nSPS) is 20.5. The molecule has 1 aliphatic heterocycles. The van der Waals surface area contributed by atoms with Gasteiger partial charge in [0.25, 0.3) is 0 Å². The molecule has 4 rings (SSSR count). The number of amides is 1. The minimum Gasteiger partial charge on any atom is -0.478 e. The summed E-state index contributed by atoms with van der Waals surface area (Å²) in [6.07, 6.45) is 4.89. The van der Waals surface area contributed by atoms with Crippen LogP contribution < -0.4 is 9.64 Å². The minimum absolute atomic E-state index is 0.183. The van der Waals surface area contributed by atoms with Gasteiger partial charge in [0.05, 0.1) is 6.61 Å². The van der Waals surface area contributed by atoms with E-state index in [4.69, 9.17) is 4.74 Å². The number of carbonyl (C=O) groups excluding carboxylic acids is 1. The Labute approximate surface area is 164 Å². The summed E-state index contributed by atoms with van der Waals surface area (Å²) in [5, 5.41) is 4.21. The first-order valence-electron chi connectivity index (χ1n) is 9.59. The fourth-order valence-electron chi connectivity index (χ4n) is 4.24. The number of hydrogen-bond donors (Lipinski definition) is 0. The standard InChI is InChI=1S/C20H26N4O2S/c1-3-26-19-10-18(21-14-22-19)23-7-5-20(6-8-23)11-17(20)24(15(2)25)12-16-4-9-27-13-16/h4,9-10,13-14,17H,3,5-8,11-12H2,1-2H3/t17-/m0/s1. The molecule has 144 valence electrons. The second kappa shape index (κ2) is 7.46. The molecular weight excluding hydrogens is 360 g/mol. The average Bonchev–Trinajstić information content (AvgIpc) is 3.10. The Morgan fingerprint density at radius 3 is 2.89 bits per heavy atom. The summed E-state index contributed by atoms with van der Waals surface area (Å²) in [5.41, 5.74) is 1.52. The van der Waals surface area contributed by atoms with Gasteiger partial charge in [0.15, 0.2) is 0 Å². The molecule has 0 N–H and O–H groups in total. The molecule has 2 aromatic heterocycles. The monoisotopic (exact) mass is 386 g/mol. The summed E-state index contributed by atoms with van der Waals surface area (Å²) in [6.45, 7) is 6.91. The van der Waals surface area contributed by atoms with Crippen LogP contribution >= 0.6 is 11.3 Å². The van der Waals surface area contributed by atoms with Crippen molar-refractivity contribution in [1.82, 2.24) is 14.9 Å². The van der Waals surface area contributed by atoms with Gasteiger partial charge in [0.2, 0.25) is 11.8 Å². The number of piperidine rings is 1. The lowest BCUT2D eigenvalue weighted by molar-refractivity contribution is -0.130. The fraction of sp³-hybridized carbons (Fsp3) is 0.550. The van der Waals surface area contributed by atoms with Crippen molar-refractivity contribution < 1.29 is 9.53 Å². The summed E-state index contributed by atoms with van der Waals surface area (Å²) in [4.78, 5) is 25.2. The molecule has 0 unspecified atom stereocenters. The van der Waals surface area contributed by atoms with Gasteiger partial charge >= 0.3 is 0 Å². The van der Waals surface area contributed by atoms with Crippen LogP contribution in [0.2, 0.25) is 0 Å². The second-order valence-electron chi connectivity index (χ2n) is 7.50. The highest BCUT2D eigenvalue weighted by atomic mass is 32.1. The Hall–Kier alpha value is -2.15. The third kappa shape index (κ3) is 3.78. The average molecular weight is 387 g/mol. The molecule has 27 heavy (non-hydrogen) atoms. The second-order valence-corrected chi connectivity index (χ2v) is 8.28. The van der Waals surface area contributed by atoms with E-state index in [9.17, 15) is 4.79 Å². The maximum atomic E-state index is 12.3. The number of anilines is 1. The third-order valence-corrected chi connectivity index (χ3v) is 6.60. The van der Waals surface area contributed by atoms with Gasteiger partial charge in [-0.1, -0.05) is 0 Å². The summed E-state index contributed by atoms with van der Waals surface area (Å²) < 4.78 is 5.49. The van der Waals surface area contributed by atoms with Crippen LogP contribution in [0, 0.1) is 5.41 Å². The lowest BCUT2D eigenvalue weighted by atomic mass is 9.92. The lowest BCUT2D eigenvalue weighted by Gasteiger charge is -2.35. The first-order valence-corrected chi connectivity index (χ1v) is 10.5. The zero-order valence-corrected chi connectivity index (χ0v) is 16.7. The maximum absolute atomic E-state index is 12.3. The van der Waals surface area contributed by atoms with Crippen molar-refractivity contribution in [2.24, 2.45) is 5.41 Å². The zero-order chi connectivity index (χ0) is 18.9. The molecule has 0 radical (unpaired) electrons. The van der Waals surface area contributed by atoms with Crippen LogP contribution in [0.25, 0.3) is 0 Å². The molecule has 1 saturated carbocycles. The summed E-state index contributed by atoms with van der Waals surface area (Å²) in [5.74, 6) is 1.75. The summed E-state index contributed by atoms with van der Waals surface area (Å²) in [7, 11) is 0. The van der Waals surface area contributed by atoms with E-state index in [2.05, 4.69) is 36.6 Å². The molecule has 3 heterocycles. The van der Waals surface area contributed by atoms with E-state index in [1.807, 2.05) is 13.0 Å². The molecule has 2 aliphatic rings. The number of carbonyl (C=O) groups is 1. The highest BCUT2D eigenvalue weighted by Gasteiger charge is 2.58. The van der Waals surface area contributed by atoms with Crippen LogP contribution in [0.3, 0.4) is 0 Å². The molecule has 1 saturated heterocycles. The molecule has 2 fully saturated rings. The summed E-state index contributed by atoms with van der Waals surface area (Å²) in [6, 6.07) is 4.41. The molecule has 1 atom stereocenters. The smallest absolute Gasteiger partial charge is 0.220 e. The molecule has 2 aromatic rings. The van der Waals surface area contributed by atoms with Crippen molar-refractivity contribution in [3.63, 3.8) is 0 Å². The highest BCUT2D eigenvalue weighted by molar-refractivity contribution is 7.07. The minimum atomic E-state index is 0.183. The van der Waals surface area contributed by atoms with Crippen LogP contribution in [0.5, 0.6) is 5.88 Å². The van der Waals surface area contributed by atoms with Gasteiger partial charge in [0, 0.05) is 38.7 Å². The Morgan fingerprint density at radius 2 is 2.22 bits per heavy atom. The Balaban J connectivity index is 1.39. The topological polar surface area (TPSA) is 58.6 Å². The van der Waals surface area contributed by atoms with E-state index in [1.165, 1.54) is 5.56 Å². The third-order valence-electron chi connectivity index (χ3n) is 5.86. The molecule has 1 aliphatic carbocycles. The number of thiophene rings is 1. The van der Waals surface area contributed by atoms with Crippen LogP contribution in [-0.2, 0) is 11.3 Å². The predicted molar refractivity (Wildman–Crippen MR) is 106 cm³/mol. The largest absolute Gasteiger partial charge is 0.478 e. The molecule has 6 nitrogen and oxygen atoms in total. The van der Waals surface area contributed by atoms with Gasteiger partial charge in [-0.3, -0.25) is 4.79 Å². The Kier molecular flexibility index (Phi) is 5.04. The van der Waals surface area contributed by atoms with Gasteiger partial charge in [-0.05, 0) is 54.0 Å². The van der Waals surface area contributed by atoms with Crippen molar-refractivity contribution in [2.45, 2.75) is 45.7 Å². The van der Waals surface area contributed by atoms with Gasteiger partial charge in [-0.2, -0.15) is 11.3 Å². The van der Waals surface area contributed by atoms with Crippen molar-refractivity contribution in [3.05, 3.63) is 34.8 Å². The quantitative estimate of drug-likeness (QED) is 0.762. The molecule has 1 amide bonds. The van der Waals surface area contributed by atoms with Gasteiger partial charge in [-0.25, -0.2) is 9.97 Å². The summed E-state index contributed by atoms with van der Waals surface area (Å²) >= 11 is 1.69. The van der Waals surface area contributed by atoms with Crippen molar-refractivity contribution >= 4 is 23.1 Å². The van der Waals surface area contributed by atoms with E-state index in [0.29, 0.717) is 18.5 Å². The van der Waals surface area contributed by atoms with E-state index in [1.54, 1.807) is 24.6 Å². The highest BCUT2D eigenvalue weighted by Crippen LogP contribution is 2.57. The van der Waals surface area contributed by atoms with Crippen molar-refractivity contribution in [3.8, 4) is 5.88 Å². The lowest BCUT2D eigenvalue weighted by Crippen LogP contribution is -2.40. The van der Waals surface area contributed by atoms with Crippen LogP contribution in [0.4, 0.5) is 5.82 Å². The fourth-order valence-corrected chi connectivity index (χ4v) is 4.90. The number of hydrogen-bond acceptors (Lipinski definition) is 6. The Morgan fingerprint density at radius 1 is 1.41 bits per heavy atom. The van der Waals surface area contributed by atoms with E-state index in [-0.39, 0.29) is 11.3 Å². The van der Waals surface area contributed by atoms with Crippen LogP contribution in [-0.4, -0.2) is 46.5 Å². The van der Waals surface area contributed by atoms with Crippen molar-refractivity contribution in [2.75, 3.05) is 24.6 Å². The zero-order valence-electron chi connectivity index (χ0n) is 15.9. The molecule has 1 spiro atoms. The maximum Gasteiger partial charge on any atom is 0.220 e. The Bertz CT molecular complexity index is 787. The molecule has 7 heteroatoms. The number of rotatable bonds is 6. The van der Waals surface area contributed by atoms with Crippen LogP contribution in [0.15, 0.2) is 29.2 Å². The van der Waals surface area contributed by atoms with E-state index in [0.717, 1.165) is 44.7 Å². The SMILES string of the molecule is CCOc1cc(N2CCC3(CC2)C[C@@H]3N(Cc2ccsc2)C(C)=O)ncn1. The number of nitrogens with zero attached hydrogens (tertiary/aromatic N) is 4. The van der Waals surface area contributed by atoms with Gasteiger partial charge < -0.3 is 14.5 Å². The van der Waals surface area contributed by atoms with E-state index >= 15 is 0 Å². The number of aromatic nitrogens is 2. The number of ether oxygens (including phenoxy) is 1. The predicted octanol–water partition coefficient (Wildman–Crippen LogP) is 3.34. The molecule has 0 bridgehead atoms. The first-order chi connectivity index (χ1) is 13.1. The van der Waals surface area contributed by atoms with Crippen molar-refractivity contribution in [1.29, 1.82) is 0 Å². The molecule has 0 aromatic carbocycles. The van der Waals surface area contributed by atoms with E-state index < -0.39 is 0 Å². The van der Waals surface area contributed by atoms with Gasteiger partial charge in [-0.15, -0.1) is 0 Å². The molecular formula is C20H26N4O2S. The first kappa shape index (κ1) is 18.2. The van der Waals surface area contributed by atoms with Crippen LogP contribution in [0.1, 0.15) is 38.7 Å². The van der Waals surface area contributed by atoms with Gasteiger partial charge in [0.1, 0.15) is 12.1 Å².